The maximum absolute atomic E-state index is 12.2. The van der Waals surface area contributed by atoms with Crippen molar-refractivity contribution in [1.82, 2.24) is 9.97 Å². The van der Waals surface area contributed by atoms with Gasteiger partial charge in [-0.2, -0.15) is 0 Å². The molecule has 2 bridgehead atoms. The van der Waals surface area contributed by atoms with Crippen molar-refractivity contribution < 1.29 is 19.1 Å². The number of para-hydroxylation sites is 2. The first-order valence-electron chi connectivity index (χ1n) is 6.98. The highest BCUT2D eigenvalue weighted by atomic mass is 32.2. The number of methoxy groups -OCH3 is 2. The number of aromatic nitrogens is 2. The molecule has 0 fully saturated rings. The molecule has 0 spiro atoms. The molecule has 1 aromatic heterocycles. The van der Waals surface area contributed by atoms with Gasteiger partial charge in [0.15, 0.2) is 0 Å². The van der Waals surface area contributed by atoms with E-state index in [-0.39, 0.29) is 10.5 Å². The van der Waals surface area contributed by atoms with Crippen LogP contribution in [0.5, 0.6) is 0 Å². The van der Waals surface area contributed by atoms with Crippen molar-refractivity contribution in [1.29, 1.82) is 0 Å². The zero-order valence-electron chi connectivity index (χ0n) is 12.4. The Morgan fingerprint density at radius 1 is 0.913 bits per heavy atom. The van der Waals surface area contributed by atoms with Crippen LogP contribution in [-0.2, 0) is 19.1 Å². The molecule has 3 heterocycles. The molecule has 0 saturated heterocycles. The summed E-state index contributed by atoms with van der Waals surface area (Å²) in [7, 11) is 2.60. The average molecular weight is 328 g/mol. The van der Waals surface area contributed by atoms with E-state index in [1.165, 1.54) is 26.0 Å². The first-order valence-corrected chi connectivity index (χ1v) is 7.92. The molecular weight excluding hydrogens is 316 g/mol. The van der Waals surface area contributed by atoms with Crippen LogP contribution in [0.1, 0.15) is 21.9 Å². The minimum Gasteiger partial charge on any atom is -0.466 e. The summed E-state index contributed by atoms with van der Waals surface area (Å²) in [6.45, 7) is 0. The fourth-order valence-corrected chi connectivity index (χ4v) is 4.62. The van der Waals surface area contributed by atoms with Crippen molar-refractivity contribution in [3.05, 3.63) is 46.8 Å². The SMILES string of the molecule is COC(=O)C1=C(C(=O)OC)[C@@H]2S[C@H]1c1nc3ccccc3nc12. The van der Waals surface area contributed by atoms with Crippen LogP contribution < -0.4 is 0 Å². The van der Waals surface area contributed by atoms with Crippen LogP contribution in [0.25, 0.3) is 11.0 Å². The number of esters is 2. The van der Waals surface area contributed by atoms with Gasteiger partial charge < -0.3 is 9.47 Å². The normalized spacial score (nSPS) is 21.5. The molecule has 0 N–H and O–H groups in total. The van der Waals surface area contributed by atoms with Crippen LogP contribution in [0.4, 0.5) is 0 Å². The van der Waals surface area contributed by atoms with Gasteiger partial charge in [0.25, 0.3) is 0 Å². The molecule has 116 valence electrons. The van der Waals surface area contributed by atoms with E-state index in [9.17, 15) is 9.59 Å². The second-order valence-electron chi connectivity index (χ2n) is 5.19. The van der Waals surface area contributed by atoms with E-state index in [1.807, 2.05) is 24.3 Å². The molecule has 2 aliphatic rings. The van der Waals surface area contributed by atoms with Crippen LogP contribution in [0, 0.1) is 0 Å². The zero-order chi connectivity index (χ0) is 16.1. The summed E-state index contributed by atoms with van der Waals surface area (Å²) in [6.07, 6.45) is 0. The molecule has 7 heteroatoms. The average Bonchev–Trinajstić information content (AvgIpc) is 3.14. The second kappa shape index (κ2) is 5.06. The summed E-state index contributed by atoms with van der Waals surface area (Å²) >= 11 is 1.47. The Balaban J connectivity index is 1.93. The molecule has 2 aliphatic heterocycles. The molecule has 2 atom stereocenters. The summed E-state index contributed by atoms with van der Waals surface area (Å²) in [5.74, 6) is -1.04. The van der Waals surface area contributed by atoms with Crippen molar-refractivity contribution in [2.24, 2.45) is 0 Å². The van der Waals surface area contributed by atoms with E-state index in [0.29, 0.717) is 11.1 Å². The lowest BCUT2D eigenvalue weighted by atomic mass is 9.91. The summed E-state index contributed by atoms with van der Waals surface area (Å²) in [5, 5.41) is -0.678. The number of nitrogens with zero attached hydrogens (tertiary/aromatic N) is 2. The quantitative estimate of drug-likeness (QED) is 0.781. The molecule has 0 radical (unpaired) electrons. The molecule has 4 rings (SSSR count). The van der Waals surface area contributed by atoms with E-state index < -0.39 is 11.9 Å². The standard InChI is InChI=1S/C16H12N2O4S/c1-21-15(19)9-10(16(20)22-2)14-12-11(13(9)23-14)17-7-5-3-4-6-8(7)18-12/h3-6,13-14H,1-2H3/t13-,14+. The van der Waals surface area contributed by atoms with Crippen LogP contribution in [-0.4, -0.2) is 36.1 Å². The lowest BCUT2D eigenvalue weighted by molar-refractivity contribution is -0.139. The Bertz CT molecular complexity index is 822. The van der Waals surface area contributed by atoms with E-state index in [1.54, 1.807) is 0 Å². The maximum Gasteiger partial charge on any atom is 0.335 e. The third-order valence-electron chi connectivity index (χ3n) is 4.02. The highest BCUT2D eigenvalue weighted by molar-refractivity contribution is 8.00. The van der Waals surface area contributed by atoms with Crippen molar-refractivity contribution in [3.8, 4) is 0 Å². The lowest BCUT2D eigenvalue weighted by Crippen LogP contribution is -2.21. The number of hydrogen-bond acceptors (Lipinski definition) is 7. The topological polar surface area (TPSA) is 78.4 Å². The van der Waals surface area contributed by atoms with Crippen LogP contribution in [0.2, 0.25) is 0 Å². The van der Waals surface area contributed by atoms with Gasteiger partial charge in [-0.25, -0.2) is 19.6 Å². The Kier molecular flexibility index (Phi) is 3.12. The Hall–Kier alpha value is -2.41. The van der Waals surface area contributed by atoms with Gasteiger partial charge in [0.05, 0.1) is 58.3 Å². The van der Waals surface area contributed by atoms with Gasteiger partial charge in [0.2, 0.25) is 0 Å². The van der Waals surface area contributed by atoms with Gasteiger partial charge in [-0.05, 0) is 12.1 Å². The van der Waals surface area contributed by atoms with Crippen molar-refractivity contribution in [2.45, 2.75) is 10.5 Å². The van der Waals surface area contributed by atoms with Gasteiger partial charge in [0, 0.05) is 0 Å². The number of fused-ring (bicyclic) bond motifs is 6. The fraction of sp³-hybridized carbons (Fsp3) is 0.250. The molecular formula is C16H12N2O4S. The molecule has 23 heavy (non-hydrogen) atoms. The summed E-state index contributed by atoms with van der Waals surface area (Å²) in [6, 6.07) is 7.53. The molecule has 0 saturated carbocycles. The number of ether oxygens (including phenoxy) is 2. The van der Waals surface area contributed by atoms with E-state index in [0.717, 1.165) is 22.4 Å². The van der Waals surface area contributed by atoms with E-state index in [4.69, 9.17) is 9.47 Å². The number of thioether (sulfide) groups is 1. The monoisotopic (exact) mass is 328 g/mol. The third kappa shape index (κ3) is 1.89. The number of hydrogen-bond donors (Lipinski definition) is 0. The first kappa shape index (κ1) is 14.2. The van der Waals surface area contributed by atoms with Gasteiger partial charge in [-0.1, -0.05) is 12.1 Å². The van der Waals surface area contributed by atoms with Gasteiger partial charge in [-0.3, -0.25) is 0 Å². The smallest absolute Gasteiger partial charge is 0.335 e. The van der Waals surface area contributed by atoms with E-state index in [2.05, 4.69) is 9.97 Å². The second-order valence-corrected chi connectivity index (χ2v) is 6.40. The maximum atomic E-state index is 12.2. The number of benzene rings is 1. The summed E-state index contributed by atoms with van der Waals surface area (Å²) in [5.41, 5.74) is 3.64. The first-order chi connectivity index (χ1) is 11.2. The van der Waals surface area contributed by atoms with Gasteiger partial charge in [0.1, 0.15) is 0 Å². The van der Waals surface area contributed by atoms with Gasteiger partial charge in [-0.15, -0.1) is 11.8 Å². The Morgan fingerprint density at radius 3 is 1.74 bits per heavy atom. The largest absolute Gasteiger partial charge is 0.466 e. The number of carbonyl (C=O) groups excluding carboxylic acids is 2. The summed E-state index contributed by atoms with van der Waals surface area (Å²) < 4.78 is 9.70. The number of rotatable bonds is 2. The highest BCUT2D eigenvalue weighted by Crippen LogP contribution is 2.63. The van der Waals surface area contributed by atoms with Gasteiger partial charge >= 0.3 is 11.9 Å². The lowest BCUT2D eigenvalue weighted by Gasteiger charge is -2.17. The molecule has 6 nitrogen and oxygen atoms in total. The Morgan fingerprint density at radius 2 is 1.35 bits per heavy atom. The van der Waals surface area contributed by atoms with Crippen molar-refractivity contribution in [3.63, 3.8) is 0 Å². The summed E-state index contributed by atoms with van der Waals surface area (Å²) in [4.78, 5) is 33.6. The van der Waals surface area contributed by atoms with Crippen molar-refractivity contribution in [2.75, 3.05) is 14.2 Å². The molecule has 2 aromatic rings. The highest BCUT2D eigenvalue weighted by Gasteiger charge is 2.52. The minimum atomic E-state index is -0.522. The molecule has 0 amide bonds. The molecule has 1 aromatic carbocycles. The Labute approximate surface area is 135 Å². The zero-order valence-corrected chi connectivity index (χ0v) is 13.2. The van der Waals surface area contributed by atoms with Crippen LogP contribution in [0.3, 0.4) is 0 Å². The number of carbonyl (C=O) groups is 2. The molecule has 0 unspecified atom stereocenters. The van der Waals surface area contributed by atoms with Crippen molar-refractivity contribution >= 4 is 34.7 Å². The third-order valence-corrected chi connectivity index (χ3v) is 5.48. The predicted octanol–water partition coefficient (Wildman–Crippen LogP) is 2.11. The minimum absolute atomic E-state index is 0.325. The van der Waals surface area contributed by atoms with Crippen LogP contribution >= 0.6 is 11.8 Å². The fourth-order valence-electron chi connectivity index (χ4n) is 3.02. The van der Waals surface area contributed by atoms with Crippen LogP contribution in [0.15, 0.2) is 35.4 Å². The molecule has 0 aliphatic carbocycles. The predicted molar refractivity (Wildman–Crippen MR) is 83.7 cm³/mol. The van der Waals surface area contributed by atoms with E-state index >= 15 is 0 Å².